The molecule has 0 amide bonds. The molecule has 20 heavy (non-hydrogen) atoms. The molecule has 2 heterocycles. The minimum atomic E-state index is -0.828. The maximum atomic E-state index is 10.7. The molecular weight excluding hydrogens is 294 g/mol. The van der Waals surface area contributed by atoms with Crippen molar-refractivity contribution in [2.45, 2.75) is 37.4 Å². The monoisotopic (exact) mass is 309 g/mol. The number of hydrogen-bond donors (Lipinski definition) is 1. The molecule has 5 nitrogen and oxygen atoms in total. The van der Waals surface area contributed by atoms with Crippen LogP contribution in [-0.4, -0.2) is 31.6 Å². The second kappa shape index (κ2) is 5.57. The molecule has 1 fully saturated rings. The second-order valence-corrected chi connectivity index (χ2v) is 6.82. The van der Waals surface area contributed by atoms with Crippen LogP contribution >= 0.6 is 23.1 Å². The first-order valence-corrected chi connectivity index (χ1v) is 8.37. The van der Waals surface area contributed by atoms with Gasteiger partial charge in [0.25, 0.3) is 0 Å². The Labute approximate surface area is 125 Å². The molecule has 0 aromatic carbocycles. The van der Waals surface area contributed by atoms with E-state index in [1.807, 2.05) is 0 Å². The number of aliphatic carboxylic acids is 1. The maximum Gasteiger partial charge on any atom is 0.313 e. The number of nitrogens with zero attached hydrogens (tertiary/aromatic N) is 3. The summed E-state index contributed by atoms with van der Waals surface area (Å²) in [6, 6.07) is 4.64. The standard InChI is InChI=1S/C13H15N3O2S2/c1-2-9-5-6-10(20-9)12-14-15-13(19-7-11(17)18)16(12)8-3-4-8/h5-6,8H,2-4,7H2,1H3,(H,17,18). The van der Waals surface area contributed by atoms with Gasteiger partial charge in [0.05, 0.1) is 10.6 Å². The molecule has 0 radical (unpaired) electrons. The van der Waals surface area contributed by atoms with Crippen molar-refractivity contribution in [1.82, 2.24) is 14.8 Å². The fourth-order valence-corrected chi connectivity index (χ4v) is 3.67. The van der Waals surface area contributed by atoms with Crippen LogP contribution in [0.4, 0.5) is 0 Å². The normalized spacial score (nSPS) is 14.7. The van der Waals surface area contributed by atoms with Crippen LogP contribution in [0.5, 0.6) is 0 Å². The second-order valence-electron chi connectivity index (χ2n) is 4.71. The maximum absolute atomic E-state index is 10.7. The van der Waals surface area contributed by atoms with Crippen molar-refractivity contribution in [1.29, 1.82) is 0 Å². The van der Waals surface area contributed by atoms with Crippen molar-refractivity contribution in [2.75, 3.05) is 5.75 Å². The number of thioether (sulfide) groups is 1. The van der Waals surface area contributed by atoms with Gasteiger partial charge in [-0.25, -0.2) is 0 Å². The van der Waals surface area contributed by atoms with Gasteiger partial charge in [-0.2, -0.15) is 0 Å². The van der Waals surface area contributed by atoms with Crippen LogP contribution in [0.25, 0.3) is 10.7 Å². The van der Waals surface area contributed by atoms with E-state index in [1.54, 1.807) is 11.3 Å². The summed E-state index contributed by atoms with van der Waals surface area (Å²) < 4.78 is 2.11. The lowest BCUT2D eigenvalue weighted by Gasteiger charge is -2.06. The van der Waals surface area contributed by atoms with Crippen molar-refractivity contribution in [3.05, 3.63) is 17.0 Å². The lowest BCUT2D eigenvalue weighted by Crippen LogP contribution is -2.02. The van der Waals surface area contributed by atoms with Crippen LogP contribution in [0.3, 0.4) is 0 Å². The first kappa shape index (κ1) is 13.6. The summed E-state index contributed by atoms with van der Waals surface area (Å²) >= 11 is 2.98. The molecule has 106 valence electrons. The third kappa shape index (κ3) is 2.73. The Balaban J connectivity index is 1.92. The summed E-state index contributed by atoms with van der Waals surface area (Å²) in [4.78, 5) is 13.2. The first-order chi connectivity index (χ1) is 9.69. The largest absolute Gasteiger partial charge is 0.481 e. The van der Waals surface area contributed by atoms with E-state index < -0.39 is 5.97 Å². The highest BCUT2D eigenvalue weighted by molar-refractivity contribution is 7.99. The van der Waals surface area contributed by atoms with Crippen molar-refractivity contribution in [3.8, 4) is 10.7 Å². The van der Waals surface area contributed by atoms with Crippen LogP contribution in [0.2, 0.25) is 0 Å². The molecule has 7 heteroatoms. The highest BCUT2D eigenvalue weighted by Gasteiger charge is 2.30. The minimum absolute atomic E-state index is 0.0233. The zero-order valence-electron chi connectivity index (χ0n) is 11.1. The smallest absolute Gasteiger partial charge is 0.313 e. The van der Waals surface area contributed by atoms with E-state index in [0.717, 1.165) is 35.1 Å². The Bertz CT molecular complexity index is 631. The predicted octanol–water partition coefficient (Wildman–Crippen LogP) is 3.08. The van der Waals surface area contributed by atoms with Crippen LogP contribution in [0.15, 0.2) is 17.3 Å². The number of carboxylic acids is 1. The SMILES string of the molecule is CCc1ccc(-c2nnc(SCC(=O)O)n2C2CC2)s1. The molecule has 1 saturated carbocycles. The summed E-state index contributed by atoms with van der Waals surface area (Å²) in [6.07, 6.45) is 3.26. The van der Waals surface area contributed by atoms with Crippen LogP contribution in [-0.2, 0) is 11.2 Å². The van der Waals surface area contributed by atoms with Crippen LogP contribution in [0, 0.1) is 0 Å². The number of aromatic nitrogens is 3. The summed E-state index contributed by atoms with van der Waals surface area (Å²) in [5.41, 5.74) is 0. The summed E-state index contributed by atoms with van der Waals surface area (Å²) in [6.45, 7) is 2.13. The van der Waals surface area contributed by atoms with Gasteiger partial charge in [0.1, 0.15) is 0 Å². The van der Waals surface area contributed by atoms with Gasteiger partial charge in [-0.05, 0) is 31.4 Å². The molecule has 3 rings (SSSR count). The van der Waals surface area contributed by atoms with Crippen LogP contribution < -0.4 is 0 Å². The van der Waals surface area contributed by atoms with Gasteiger partial charge in [-0.1, -0.05) is 18.7 Å². The number of carbonyl (C=O) groups is 1. The van der Waals surface area contributed by atoms with E-state index in [-0.39, 0.29) is 5.75 Å². The molecule has 0 bridgehead atoms. The molecule has 2 aromatic heterocycles. The molecule has 1 aliphatic rings. The van der Waals surface area contributed by atoms with Crippen molar-refractivity contribution in [2.24, 2.45) is 0 Å². The minimum Gasteiger partial charge on any atom is -0.481 e. The third-order valence-corrected chi connectivity index (χ3v) is 5.29. The quantitative estimate of drug-likeness (QED) is 0.831. The molecule has 1 aliphatic carbocycles. The summed E-state index contributed by atoms with van der Waals surface area (Å²) in [7, 11) is 0. The zero-order chi connectivity index (χ0) is 14.1. The van der Waals surface area contributed by atoms with E-state index in [1.165, 1.54) is 16.6 Å². The molecule has 1 N–H and O–H groups in total. The lowest BCUT2D eigenvalue weighted by molar-refractivity contribution is -0.133. The Morgan fingerprint density at radius 2 is 2.30 bits per heavy atom. The summed E-state index contributed by atoms with van der Waals surface area (Å²) in [5.74, 6) is 0.0755. The van der Waals surface area contributed by atoms with Gasteiger partial charge in [0.2, 0.25) is 0 Å². The first-order valence-electron chi connectivity index (χ1n) is 6.57. The van der Waals surface area contributed by atoms with E-state index in [2.05, 4.69) is 33.8 Å². The molecule has 0 aliphatic heterocycles. The van der Waals surface area contributed by atoms with Gasteiger partial charge >= 0.3 is 5.97 Å². The third-order valence-electron chi connectivity index (χ3n) is 3.13. The average Bonchev–Trinajstić information content (AvgIpc) is 3.01. The zero-order valence-corrected chi connectivity index (χ0v) is 12.7. The van der Waals surface area contributed by atoms with Gasteiger partial charge < -0.3 is 5.11 Å². The van der Waals surface area contributed by atoms with Crippen molar-refractivity contribution >= 4 is 29.1 Å². The molecule has 0 atom stereocenters. The molecule has 0 unspecified atom stereocenters. The topological polar surface area (TPSA) is 68.0 Å². The Kier molecular flexibility index (Phi) is 3.80. The number of aryl methyl sites for hydroxylation is 1. The lowest BCUT2D eigenvalue weighted by atomic mass is 10.3. The van der Waals surface area contributed by atoms with E-state index in [0.29, 0.717) is 6.04 Å². The Hall–Kier alpha value is -1.34. The molecular formula is C13H15N3O2S2. The summed E-state index contributed by atoms with van der Waals surface area (Å²) in [5, 5.41) is 18.0. The van der Waals surface area contributed by atoms with Gasteiger partial charge in [-0.15, -0.1) is 21.5 Å². The molecule has 0 spiro atoms. The number of thiophene rings is 1. The van der Waals surface area contributed by atoms with Gasteiger partial charge in [-0.3, -0.25) is 9.36 Å². The highest BCUT2D eigenvalue weighted by Crippen LogP contribution is 2.42. The van der Waals surface area contributed by atoms with E-state index in [4.69, 9.17) is 5.11 Å². The number of carboxylic acid groups (broad SMARTS) is 1. The number of hydrogen-bond acceptors (Lipinski definition) is 5. The Morgan fingerprint density at radius 3 is 2.90 bits per heavy atom. The fourth-order valence-electron chi connectivity index (χ4n) is 2.02. The van der Waals surface area contributed by atoms with Crippen LogP contribution in [0.1, 0.15) is 30.7 Å². The predicted molar refractivity (Wildman–Crippen MR) is 79.3 cm³/mol. The van der Waals surface area contributed by atoms with Crippen molar-refractivity contribution < 1.29 is 9.90 Å². The van der Waals surface area contributed by atoms with Gasteiger partial charge in [0, 0.05) is 10.9 Å². The Morgan fingerprint density at radius 1 is 1.50 bits per heavy atom. The number of rotatable bonds is 6. The fraction of sp³-hybridized carbons (Fsp3) is 0.462. The highest BCUT2D eigenvalue weighted by atomic mass is 32.2. The molecule has 0 saturated heterocycles. The van der Waals surface area contributed by atoms with E-state index >= 15 is 0 Å². The average molecular weight is 309 g/mol. The molecule has 2 aromatic rings. The van der Waals surface area contributed by atoms with Gasteiger partial charge in [0.15, 0.2) is 11.0 Å². The van der Waals surface area contributed by atoms with Crippen molar-refractivity contribution in [3.63, 3.8) is 0 Å². The van der Waals surface area contributed by atoms with E-state index in [9.17, 15) is 4.79 Å².